The van der Waals surface area contributed by atoms with E-state index >= 15 is 0 Å². The Bertz CT molecular complexity index is 519. The maximum Gasteiger partial charge on any atom is 0.118 e. The van der Waals surface area contributed by atoms with E-state index in [4.69, 9.17) is 9.73 Å². The molecule has 0 N–H and O–H groups in total. The highest BCUT2D eigenvalue weighted by Gasteiger charge is 2.31. The Morgan fingerprint density at radius 2 is 1.83 bits per heavy atom. The van der Waals surface area contributed by atoms with Crippen LogP contribution in [0.5, 0.6) is 5.75 Å². The minimum absolute atomic E-state index is 0.533. The molecule has 1 aromatic carbocycles. The Labute approximate surface area is 148 Å². The van der Waals surface area contributed by atoms with Crippen molar-refractivity contribution >= 4 is 21.6 Å². The Hall–Kier alpha value is -0.830. The number of hydrogen-bond donors (Lipinski definition) is 0. The molecule has 3 rings (SSSR count). The van der Waals surface area contributed by atoms with Crippen LogP contribution in [0.25, 0.3) is 0 Å². The van der Waals surface area contributed by atoms with Gasteiger partial charge in [0.05, 0.1) is 7.11 Å². The highest BCUT2D eigenvalue weighted by atomic mass is 79.9. The predicted molar refractivity (Wildman–Crippen MR) is 101 cm³/mol. The van der Waals surface area contributed by atoms with Gasteiger partial charge in [0, 0.05) is 28.9 Å². The van der Waals surface area contributed by atoms with Crippen LogP contribution >= 0.6 is 15.9 Å². The molecule has 0 saturated heterocycles. The Morgan fingerprint density at radius 3 is 2.48 bits per heavy atom. The third kappa shape index (κ3) is 4.17. The predicted octanol–water partition coefficient (Wildman–Crippen LogP) is 5.75. The van der Waals surface area contributed by atoms with E-state index in [1.807, 2.05) is 0 Å². The first-order valence-corrected chi connectivity index (χ1v) is 10.2. The molecule has 2 nitrogen and oxygen atoms in total. The van der Waals surface area contributed by atoms with Crippen LogP contribution in [-0.2, 0) is 0 Å². The van der Waals surface area contributed by atoms with Gasteiger partial charge in [0.15, 0.2) is 0 Å². The molecule has 126 valence electrons. The SMILES string of the molecule is COc1ccc(C(CBr)C2CCCC2=NC2CCCCC2)cc1. The number of methoxy groups -OCH3 is 1. The molecular weight excluding hydrogens is 350 g/mol. The number of alkyl halides is 1. The number of aliphatic imine (C=N–C) groups is 1. The van der Waals surface area contributed by atoms with Gasteiger partial charge in [-0.1, -0.05) is 47.3 Å². The van der Waals surface area contributed by atoms with Crippen molar-refractivity contribution in [3.8, 4) is 5.75 Å². The Kier molecular flexibility index (Phi) is 6.15. The van der Waals surface area contributed by atoms with Crippen molar-refractivity contribution < 1.29 is 4.74 Å². The molecule has 2 atom stereocenters. The molecule has 2 aliphatic carbocycles. The lowest BCUT2D eigenvalue weighted by Gasteiger charge is -2.25. The highest BCUT2D eigenvalue weighted by molar-refractivity contribution is 9.09. The van der Waals surface area contributed by atoms with E-state index in [0.29, 0.717) is 17.9 Å². The van der Waals surface area contributed by atoms with Crippen molar-refractivity contribution in [2.75, 3.05) is 12.4 Å². The minimum atomic E-state index is 0.533. The first kappa shape index (κ1) is 17.0. The number of ether oxygens (including phenoxy) is 1. The monoisotopic (exact) mass is 377 g/mol. The van der Waals surface area contributed by atoms with Gasteiger partial charge in [-0.25, -0.2) is 0 Å². The molecule has 2 unspecified atom stereocenters. The fourth-order valence-electron chi connectivity index (χ4n) is 4.17. The zero-order valence-electron chi connectivity index (χ0n) is 14.1. The van der Waals surface area contributed by atoms with E-state index in [2.05, 4.69) is 40.2 Å². The van der Waals surface area contributed by atoms with Crippen molar-refractivity contribution in [3.63, 3.8) is 0 Å². The third-order valence-electron chi connectivity index (χ3n) is 5.50. The van der Waals surface area contributed by atoms with Gasteiger partial charge in [-0.05, 0) is 49.8 Å². The lowest BCUT2D eigenvalue weighted by Crippen LogP contribution is -2.21. The molecule has 2 saturated carbocycles. The maximum absolute atomic E-state index is 5.29. The maximum atomic E-state index is 5.29. The average molecular weight is 378 g/mol. The number of hydrogen-bond acceptors (Lipinski definition) is 2. The smallest absolute Gasteiger partial charge is 0.118 e. The van der Waals surface area contributed by atoms with E-state index in [0.717, 1.165) is 11.1 Å². The number of rotatable bonds is 5. The second-order valence-electron chi connectivity index (χ2n) is 6.94. The highest BCUT2D eigenvalue weighted by Crippen LogP contribution is 2.38. The van der Waals surface area contributed by atoms with Crippen LogP contribution in [0.2, 0.25) is 0 Å². The molecule has 0 aromatic heterocycles. The largest absolute Gasteiger partial charge is 0.497 e. The molecule has 0 radical (unpaired) electrons. The van der Waals surface area contributed by atoms with Crippen molar-refractivity contribution in [3.05, 3.63) is 29.8 Å². The van der Waals surface area contributed by atoms with Crippen molar-refractivity contribution in [1.82, 2.24) is 0 Å². The second kappa shape index (κ2) is 8.32. The van der Waals surface area contributed by atoms with Gasteiger partial charge in [-0.3, -0.25) is 4.99 Å². The second-order valence-corrected chi connectivity index (χ2v) is 7.59. The number of benzene rings is 1. The fraction of sp³-hybridized carbons (Fsp3) is 0.650. The summed E-state index contributed by atoms with van der Waals surface area (Å²) in [6.07, 6.45) is 10.5. The van der Waals surface area contributed by atoms with Gasteiger partial charge in [-0.2, -0.15) is 0 Å². The Balaban J connectivity index is 1.76. The van der Waals surface area contributed by atoms with Crippen molar-refractivity contribution in [1.29, 1.82) is 0 Å². The van der Waals surface area contributed by atoms with E-state index in [-0.39, 0.29) is 0 Å². The van der Waals surface area contributed by atoms with Gasteiger partial charge in [0.25, 0.3) is 0 Å². The number of halogens is 1. The molecule has 0 spiro atoms. The topological polar surface area (TPSA) is 21.6 Å². The zero-order chi connectivity index (χ0) is 16.1. The normalized spacial score (nSPS) is 25.7. The summed E-state index contributed by atoms with van der Waals surface area (Å²) in [4.78, 5) is 5.22. The minimum Gasteiger partial charge on any atom is -0.497 e. The molecular formula is C20H28BrNO. The molecule has 1 aromatic rings. The summed E-state index contributed by atoms with van der Waals surface area (Å²) >= 11 is 3.76. The summed E-state index contributed by atoms with van der Waals surface area (Å²) in [5.74, 6) is 2.08. The van der Waals surface area contributed by atoms with E-state index in [9.17, 15) is 0 Å². The standard InChI is InChI=1S/C20H28BrNO/c1-23-17-12-10-15(11-13-17)19(14-21)18-8-5-9-20(18)22-16-6-3-2-4-7-16/h10-13,16,18-19H,2-9,14H2,1H3. The lowest BCUT2D eigenvalue weighted by atomic mass is 9.85. The summed E-state index contributed by atoms with van der Waals surface area (Å²) < 4.78 is 5.29. The lowest BCUT2D eigenvalue weighted by molar-refractivity contribution is 0.414. The molecule has 23 heavy (non-hydrogen) atoms. The summed E-state index contributed by atoms with van der Waals surface area (Å²) in [6.45, 7) is 0. The molecule has 0 aliphatic heterocycles. The van der Waals surface area contributed by atoms with Crippen LogP contribution in [-0.4, -0.2) is 24.2 Å². The Morgan fingerprint density at radius 1 is 1.09 bits per heavy atom. The van der Waals surface area contributed by atoms with Crippen LogP contribution in [0.3, 0.4) is 0 Å². The average Bonchev–Trinajstić information content (AvgIpc) is 3.05. The van der Waals surface area contributed by atoms with E-state index in [1.165, 1.54) is 62.6 Å². The number of nitrogens with zero attached hydrogens (tertiary/aromatic N) is 1. The van der Waals surface area contributed by atoms with Crippen LogP contribution < -0.4 is 4.74 Å². The van der Waals surface area contributed by atoms with Crippen LogP contribution in [0.4, 0.5) is 0 Å². The van der Waals surface area contributed by atoms with E-state index in [1.54, 1.807) is 7.11 Å². The third-order valence-corrected chi connectivity index (χ3v) is 6.19. The summed E-state index contributed by atoms with van der Waals surface area (Å²) in [6, 6.07) is 9.21. The van der Waals surface area contributed by atoms with Gasteiger partial charge in [-0.15, -0.1) is 0 Å². The quantitative estimate of drug-likeness (QED) is 0.598. The van der Waals surface area contributed by atoms with Crippen LogP contribution in [0, 0.1) is 5.92 Å². The van der Waals surface area contributed by atoms with Gasteiger partial charge in [0.1, 0.15) is 5.75 Å². The summed E-state index contributed by atoms with van der Waals surface area (Å²) in [5.41, 5.74) is 2.91. The van der Waals surface area contributed by atoms with Crippen molar-refractivity contribution in [2.24, 2.45) is 10.9 Å². The first-order chi connectivity index (χ1) is 11.3. The van der Waals surface area contributed by atoms with Crippen molar-refractivity contribution in [2.45, 2.75) is 63.3 Å². The van der Waals surface area contributed by atoms with E-state index < -0.39 is 0 Å². The fourth-order valence-corrected chi connectivity index (χ4v) is 5.00. The molecule has 0 amide bonds. The van der Waals surface area contributed by atoms with Gasteiger partial charge < -0.3 is 4.74 Å². The van der Waals surface area contributed by atoms with Crippen LogP contribution in [0.1, 0.15) is 62.8 Å². The molecule has 2 aliphatic rings. The molecule has 0 bridgehead atoms. The van der Waals surface area contributed by atoms with Gasteiger partial charge in [0.2, 0.25) is 0 Å². The molecule has 3 heteroatoms. The molecule has 0 heterocycles. The molecule has 2 fully saturated rings. The van der Waals surface area contributed by atoms with Crippen LogP contribution in [0.15, 0.2) is 29.3 Å². The summed E-state index contributed by atoms with van der Waals surface area (Å²) in [7, 11) is 1.73. The summed E-state index contributed by atoms with van der Waals surface area (Å²) in [5, 5.41) is 1.01. The zero-order valence-corrected chi connectivity index (χ0v) is 15.7. The van der Waals surface area contributed by atoms with Gasteiger partial charge >= 0.3 is 0 Å². The first-order valence-electron chi connectivity index (χ1n) is 9.08.